The molecule has 4 rings (SSSR count). The van der Waals surface area contributed by atoms with E-state index in [1.807, 2.05) is 30.3 Å². The topological polar surface area (TPSA) is 49.4 Å². The summed E-state index contributed by atoms with van der Waals surface area (Å²) in [7, 11) is -3.67. The Morgan fingerprint density at radius 3 is 2.65 bits per heavy atom. The van der Waals surface area contributed by atoms with Crippen molar-refractivity contribution < 1.29 is 12.8 Å². The average Bonchev–Trinajstić information content (AvgIpc) is 3.19. The normalized spacial score (nSPS) is 26.2. The van der Waals surface area contributed by atoms with Crippen LogP contribution in [0.4, 0.5) is 4.39 Å². The zero-order chi connectivity index (χ0) is 18.3. The van der Waals surface area contributed by atoms with E-state index >= 15 is 0 Å². The van der Waals surface area contributed by atoms with Crippen molar-refractivity contribution in [1.82, 2.24) is 9.62 Å². The zero-order valence-corrected chi connectivity index (χ0v) is 15.7. The summed E-state index contributed by atoms with van der Waals surface area (Å²) in [5.74, 6) is -0.419. The van der Waals surface area contributed by atoms with Crippen LogP contribution in [0.25, 0.3) is 0 Å². The van der Waals surface area contributed by atoms with Crippen LogP contribution in [0.5, 0.6) is 0 Å². The predicted octanol–water partition coefficient (Wildman–Crippen LogP) is 3.20. The van der Waals surface area contributed by atoms with E-state index in [0.717, 1.165) is 24.7 Å². The number of hydrogen-bond donors (Lipinski definition) is 1. The summed E-state index contributed by atoms with van der Waals surface area (Å²) >= 11 is 5.78. The van der Waals surface area contributed by atoms with Gasteiger partial charge in [-0.05, 0) is 36.1 Å². The first-order valence-corrected chi connectivity index (χ1v) is 10.6. The Morgan fingerprint density at radius 1 is 1.15 bits per heavy atom. The molecule has 0 unspecified atom stereocenters. The molecule has 2 heterocycles. The van der Waals surface area contributed by atoms with Gasteiger partial charge < -0.3 is 5.32 Å². The molecule has 1 N–H and O–H groups in total. The van der Waals surface area contributed by atoms with Gasteiger partial charge in [0.25, 0.3) is 0 Å². The van der Waals surface area contributed by atoms with Gasteiger partial charge in [0, 0.05) is 23.7 Å². The van der Waals surface area contributed by atoms with Crippen molar-refractivity contribution in [1.29, 1.82) is 0 Å². The maximum absolute atomic E-state index is 14.1. The molecule has 4 nitrogen and oxygen atoms in total. The zero-order valence-electron chi connectivity index (χ0n) is 14.1. The molecule has 0 spiro atoms. The van der Waals surface area contributed by atoms with E-state index in [4.69, 9.17) is 11.6 Å². The Balaban J connectivity index is 1.67. The maximum atomic E-state index is 14.1. The minimum absolute atomic E-state index is 0.149. The van der Waals surface area contributed by atoms with E-state index in [1.165, 1.54) is 12.1 Å². The maximum Gasteiger partial charge on any atom is 0.218 e. The number of nitrogens with zero attached hydrogens (tertiary/aromatic N) is 1. The molecular weight excluding hydrogens is 375 g/mol. The summed E-state index contributed by atoms with van der Waals surface area (Å²) in [6.45, 7) is 2.08. The molecule has 2 aliphatic rings. The highest BCUT2D eigenvalue weighted by Crippen LogP contribution is 2.44. The van der Waals surface area contributed by atoms with Crippen LogP contribution in [0.3, 0.4) is 0 Å². The summed E-state index contributed by atoms with van der Waals surface area (Å²) in [6, 6.07) is 13.6. The van der Waals surface area contributed by atoms with Gasteiger partial charge in [-0.2, -0.15) is 4.31 Å². The van der Waals surface area contributed by atoms with Gasteiger partial charge in [-0.3, -0.25) is 0 Å². The summed E-state index contributed by atoms with van der Waals surface area (Å²) in [5, 5.41) is 3.62. The van der Waals surface area contributed by atoms with Gasteiger partial charge in [-0.1, -0.05) is 48.0 Å². The van der Waals surface area contributed by atoms with Crippen LogP contribution in [-0.2, 0) is 15.8 Å². The van der Waals surface area contributed by atoms with Crippen molar-refractivity contribution in [2.45, 2.75) is 11.8 Å². The minimum atomic E-state index is -3.67. The molecule has 26 heavy (non-hydrogen) atoms. The van der Waals surface area contributed by atoms with Crippen molar-refractivity contribution in [3.8, 4) is 0 Å². The number of fused-ring (bicyclic) bond motifs is 1. The Kier molecular flexibility index (Phi) is 4.77. The van der Waals surface area contributed by atoms with Crippen LogP contribution in [0.1, 0.15) is 17.2 Å². The first-order valence-electron chi connectivity index (χ1n) is 8.65. The predicted molar refractivity (Wildman–Crippen MR) is 99.8 cm³/mol. The lowest BCUT2D eigenvalue weighted by molar-refractivity contribution is 0.345. The van der Waals surface area contributed by atoms with E-state index in [0.29, 0.717) is 6.54 Å². The van der Waals surface area contributed by atoms with Crippen LogP contribution in [0.2, 0.25) is 5.02 Å². The smallest absolute Gasteiger partial charge is 0.218 e. The van der Waals surface area contributed by atoms with Gasteiger partial charge in [-0.25, -0.2) is 12.8 Å². The number of rotatable bonds is 4. The second-order valence-corrected chi connectivity index (χ2v) is 9.36. The van der Waals surface area contributed by atoms with Gasteiger partial charge in [0.05, 0.1) is 11.8 Å². The summed E-state index contributed by atoms with van der Waals surface area (Å²) in [4.78, 5) is 0. The second kappa shape index (κ2) is 6.93. The lowest BCUT2D eigenvalue weighted by Gasteiger charge is -2.28. The van der Waals surface area contributed by atoms with Gasteiger partial charge in [0.2, 0.25) is 10.0 Å². The third-order valence-electron chi connectivity index (χ3n) is 5.37. The number of hydrogen-bond acceptors (Lipinski definition) is 3. The number of nitrogens with one attached hydrogen (secondary N) is 1. The van der Waals surface area contributed by atoms with Crippen molar-refractivity contribution >= 4 is 21.6 Å². The molecule has 0 radical (unpaired) electrons. The quantitative estimate of drug-likeness (QED) is 0.866. The highest BCUT2D eigenvalue weighted by molar-refractivity contribution is 7.88. The molecule has 0 amide bonds. The summed E-state index contributed by atoms with van der Waals surface area (Å²) < 4.78 is 42.0. The molecule has 7 heteroatoms. The fourth-order valence-corrected chi connectivity index (χ4v) is 6.14. The fraction of sp³-hybridized carbons (Fsp3) is 0.368. The Hall–Kier alpha value is -1.47. The lowest BCUT2D eigenvalue weighted by atomic mass is 9.90. The van der Waals surface area contributed by atoms with Crippen LogP contribution >= 0.6 is 11.6 Å². The Bertz CT molecular complexity index is 907. The second-order valence-electron chi connectivity index (χ2n) is 7.00. The van der Waals surface area contributed by atoms with Crippen molar-refractivity contribution in [3.63, 3.8) is 0 Å². The molecule has 0 aliphatic carbocycles. The number of sulfonamides is 1. The third-order valence-corrected chi connectivity index (χ3v) is 7.38. The Labute approximate surface area is 158 Å². The van der Waals surface area contributed by atoms with Crippen LogP contribution in [0.15, 0.2) is 48.5 Å². The minimum Gasteiger partial charge on any atom is -0.316 e. The van der Waals surface area contributed by atoms with Crippen molar-refractivity contribution in [2.24, 2.45) is 11.8 Å². The Morgan fingerprint density at radius 2 is 1.92 bits per heavy atom. The molecular formula is C19H20ClFN2O2S. The number of benzene rings is 2. The van der Waals surface area contributed by atoms with E-state index in [9.17, 15) is 12.8 Å². The van der Waals surface area contributed by atoms with E-state index < -0.39 is 15.8 Å². The third kappa shape index (κ3) is 3.27. The van der Waals surface area contributed by atoms with Crippen molar-refractivity contribution in [3.05, 3.63) is 70.5 Å². The highest BCUT2D eigenvalue weighted by Gasteiger charge is 2.49. The molecule has 2 aromatic carbocycles. The first kappa shape index (κ1) is 17.9. The molecule has 2 saturated heterocycles. The van der Waals surface area contributed by atoms with Gasteiger partial charge >= 0.3 is 0 Å². The van der Waals surface area contributed by atoms with Crippen molar-refractivity contribution in [2.75, 3.05) is 19.6 Å². The molecule has 3 atom stereocenters. The standard InChI is InChI=1S/C19H20ClFN2O2S/c20-16-7-6-14(18(21)8-16)12-26(24,25)23-11-15-9-22-10-17(15)19(23)13-4-2-1-3-5-13/h1-8,15,17,19,22H,9-12H2/t15-,17-,19+/m0/s1. The van der Waals surface area contributed by atoms with Gasteiger partial charge in [0.1, 0.15) is 5.82 Å². The monoisotopic (exact) mass is 394 g/mol. The van der Waals surface area contributed by atoms with Crippen LogP contribution in [0, 0.1) is 17.7 Å². The van der Waals surface area contributed by atoms with Gasteiger partial charge in [0.15, 0.2) is 0 Å². The largest absolute Gasteiger partial charge is 0.316 e. The lowest BCUT2D eigenvalue weighted by Crippen LogP contribution is -2.35. The molecule has 2 aliphatic heterocycles. The van der Waals surface area contributed by atoms with Crippen LogP contribution in [-0.4, -0.2) is 32.4 Å². The SMILES string of the molecule is O=S(=O)(Cc1ccc(Cl)cc1F)N1C[C@@H]2CNC[C@@H]2[C@H]1c1ccccc1. The molecule has 2 aromatic rings. The first-order chi connectivity index (χ1) is 12.5. The van der Waals surface area contributed by atoms with Gasteiger partial charge in [-0.15, -0.1) is 0 Å². The average molecular weight is 395 g/mol. The summed E-state index contributed by atoms with van der Waals surface area (Å²) in [5.41, 5.74) is 1.14. The highest BCUT2D eigenvalue weighted by atomic mass is 35.5. The van der Waals surface area contributed by atoms with E-state index in [-0.39, 0.29) is 34.2 Å². The number of halogens is 2. The molecule has 0 saturated carbocycles. The summed E-state index contributed by atoms with van der Waals surface area (Å²) in [6.07, 6.45) is 0. The van der Waals surface area contributed by atoms with E-state index in [2.05, 4.69) is 5.32 Å². The van der Waals surface area contributed by atoms with E-state index in [1.54, 1.807) is 4.31 Å². The fourth-order valence-electron chi connectivity index (χ4n) is 4.15. The molecule has 0 bridgehead atoms. The van der Waals surface area contributed by atoms with Crippen LogP contribution < -0.4 is 5.32 Å². The molecule has 0 aromatic heterocycles. The molecule has 2 fully saturated rings. The molecule has 138 valence electrons.